The first-order chi connectivity index (χ1) is 9.01. The molecule has 0 amide bonds. The van der Waals surface area contributed by atoms with Crippen molar-refractivity contribution in [3.05, 3.63) is 12.2 Å². The molecule has 0 spiro atoms. The van der Waals surface area contributed by atoms with E-state index in [1.165, 1.54) is 0 Å². The van der Waals surface area contributed by atoms with Crippen LogP contribution in [0.5, 0.6) is 0 Å². The maximum atomic E-state index is 11.8. The number of hydrogen-bond acceptors (Lipinski definition) is 2. The minimum absolute atomic E-state index is 0. The Bertz CT molecular complexity index is 314. The zero-order valence-electron chi connectivity index (χ0n) is 11.4. The molecule has 0 heterocycles. The van der Waals surface area contributed by atoms with Crippen molar-refractivity contribution in [3.63, 3.8) is 0 Å². The van der Waals surface area contributed by atoms with Crippen LogP contribution >= 0.6 is 24.0 Å². The fraction of sp³-hybridized carbons (Fsp3) is 0.750. The number of alkyl halides is 3. The molecule has 0 aromatic rings. The zero-order valence-corrected chi connectivity index (χ0v) is 13.7. The van der Waals surface area contributed by atoms with Gasteiger partial charge in [0.15, 0.2) is 5.96 Å². The van der Waals surface area contributed by atoms with Crippen LogP contribution in [0.15, 0.2) is 17.1 Å². The highest BCUT2D eigenvalue weighted by Crippen LogP contribution is 2.14. The average molecular weight is 407 g/mol. The van der Waals surface area contributed by atoms with Crippen LogP contribution in [-0.2, 0) is 4.74 Å². The van der Waals surface area contributed by atoms with Gasteiger partial charge in [-0.2, -0.15) is 13.2 Å². The normalized spacial score (nSPS) is 16.1. The molecular weight excluding hydrogens is 386 g/mol. The SMILES string of the molecule is CN=C(NCCCOCC(F)(F)F)NC1CC=CC1.I. The predicted molar refractivity (Wildman–Crippen MR) is 83.6 cm³/mol. The van der Waals surface area contributed by atoms with Gasteiger partial charge in [-0.1, -0.05) is 12.2 Å². The summed E-state index contributed by atoms with van der Waals surface area (Å²) in [5, 5.41) is 6.28. The molecule has 2 N–H and O–H groups in total. The summed E-state index contributed by atoms with van der Waals surface area (Å²) in [6.45, 7) is -0.583. The Balaban J connectivity index is 0.00000361. The van der Waals surface area contributed by atoms with Crippen molar-refractivity contribution in [2.45, 2.75) is 31.5 Å². The van der Waals surface area contributed by atoms with E-state index in [-0.39, 0.29) is 30.6 Å². The molecular formula is C12H21F3IN3O. The summed E-state index contributed by atoms with van der Waals surface area (Å²) in [5.41, 5.74) is 0. The summed E-state index contributed by atoms with van der Waals surface area (Å²) in [5.74, 6) is 0.671. The highest BCUT2D eigenvalue weighted by atomic mass is 127. The van der Waals surface area contributed by atoms with Crippen LogP contribution in [0.4, 0.5) is 13.2 Å². The molecule has 0 atom stereocenters. The standard InChI is InChI=1S/C12H20F3N3O.HI/c1-16-11(18-10-5-2-3-6-10)17-7-4-8-19-9-12(13,14)15;/h2-3,10H,4-9H2,1H3,(H2,16,17,18);1H. The van der Waals surface area contributed by atoms with Crippen LogP contribution in [-0.4, -0.2) is 45.0 Å². The lowest BCUT2D eigenvalue weighted by Crippen LogP contribution is -2.42. The second kappa shape index (κ2) is 10.3. The third-order valence-electron chi connectivity index (χ3n) is 2.60. The highest BCUT2D eigenvalue weighted by molar-refractivity contribution is 14.0. The van der Waals surface area contributed by atoms with E-state index < -0.39 is 12.8 Å². The van der Waals surface area contributed by atoms with E-state index in [0.717, 1.165) is 12.8 Å². The molecule has 0 unspecified atom stereocenters. The zero-order chi connectivity index (χ0) is 14.1. The van der Waals surface area contributed by atoms with Gasteiger partial charge in [0.05, 0.1) is 0 Å². The Hall–Kier alpha value is -0.510. The smallest absolute Gasteiger partial charge is 0.372 e. The van der Waals surface area contributed by atoms with E-state index in [4.69, 9.17) is 0 Å². The first-order valence-corrected chi connectivity index (χ1v) is 6.28. The van der Waals surface area contributed by atoms with Gasteiger partial charge < -0.3 is 15.4 Å². The van der Waals surface area contributed by atoms with Crippen LogP contribution in [0.2, 0.25) is 0 Å². The number of hydrogen-bond donors (Lipinski definition) is 2. The summed E-state index contributed by atoms with van der Waals surface area (Å²) < 4.78 is 39.9. The number of ether oxygens (including phenoxy) is 1. The Morgan fingerprint density at radius 1 is 1.35 bits per heavy atom. The Morgan fingerprint density at radius 3 is 2.55 bits per heavy atom. The van der Waals surface area contributed by atoms with E-state index in [2.05, 4.69) is 32.5 Å². The number of aliphatic imine (C=N–C) groups is 1. The van der Waals surface area contributed by atoms with E-state index in [1.54, 1.807) is 7.05 Å². The number of nitrogens with zero attached hydrogens (tertiary/aromatic N) is 1. The minimum Gasteiger partial charge on any atom is -0.372 e. The molecule has 0 fully saturated rings. The molecule has 4 nitrogen and oxygen atoms in total. The molecule has 1 aliphatic rings. The van der Waals surface area contributed by atoms with Gasteiger partial charge in [0.25, 0.3) is 0 Å². The largest absolute Gasteiger partial charge is 0.411 e. The maximum absolute atomic E-state index is 11.8. The molecule has 8 heteroatoms. The lowest BCUT2D eigenvalue weighted by atomic mass is 10.2. The van der Waals surface area contributed by atoms with Crippen LogP contribution in [0.1, 0.15) is 19.3 Å². The van der Waals surface area contributed by atoms with E-state index in [9.17, 15) is 13.2 Å². The molecule has 0 aromatic carbocycles. The van der Waals surface area contributed by atoms with Crippen molar-refractivity contribution in [2.24, 2.45) is 4.99 Å². The molecule has 1 aliphatic carbocycles. The highest BCUT2D eigenvalue weighted by Gasteiger charge is 2.27. The lowest BCUT2D eigenvalue weighted by Gasteiger charge is -2.16. The van der Waals surface area contributed by atoms with Gasteiger partial charge in [0.2, 0.25) is 0 Å². The van der Waals surface area contributed by atoms with Gasteiger partial charge in [0, 0.05) is 26.2 Å². The first kappa shape index (κ1) is 19.5. The fourth-order valence-electron chi connectivity index (χ4n) is 1.69. The van der Waals surface area contributed by atoms with Crippen molar-refractivity contribution in [3.8, 4) is 0 Å². The van der Waals surface area contributed by atoms with Gasteiger partial charge in [0.1, 0.15) is 6.61 Å². The monoisotopic (exact) mass is 407 g/mol. The van der Waals surface area contributed by atoms with Crippen molar-refractivity contribution in [1.82, 2.24) is 10.6 Å². The van der Waals surface area contributed by atoms with E-state index in [0.29, 0.717) is 25.0 Å². The summed E-state index contributed by atoms with van der Waals surface area (Å²) in [6, 6.07) is 0.354. The minimum atomic E-state index is -4.25. The summed E-state index contributed by atoms with van der Waals surface area (Å²) >= 11 is 0. The Kier molecular flexibility index (Phi) is 9.99. The molecule has 0 bridgehead atoms. The van der Waals surface area contributed by atoms with Crippen molar-refractivity contribution >= 4 is 29.9 Å². The molecule has 0 saturated heterocycles. The fourth-order valence-corrected chi connectivity index (χ4v) is 1.69. The van der Waals surface area contributed by atoms with Crippen LogP contribution in [0, 0.1) is 0 Å². The summed E-state index contributed by atoms with van der Waals surface area (Å²) in [6.07, 6.45) is 2.40. The average Bonchev–Trinajstić information content (AvgIpc) is 2.83. The number of rotatable bonds is 6. The quantitative estimate of drug-likeness (QED) is 0.234. The van der Waals surface area contributed by atoms with Crippen molar-refractivity contribution in [1.29, 1.82) is 0 Å². The van der Waals surface area contributed by atoms with Crippen molar-refractivity contribution in [2.75, 3.05) is 26.8 Å². The van der Waals surface area contributed by atoms with Gasteiger partial charge in [-0.05, 0) is 19.3 Å². The Morgan fingerprint density at radius 2 is 2.00 bits per heavy atom. The number of nitrogens with one attached hydrogen (secondary N) is 2. The molecule has 0 aromatic heterocycles. The van der Waals surface area contributed by atoms with Crippen LogP contribution < -0.4 is 10.6 Å². The summed E-state index contributed by atoms with van der Waals surface area (Å²) in [7, 11) is 1.66. The molecule has 20 heavy (non-hydrogen) atoms. The number of guanidine groups is 1. The van der Waals surface area contributed by atoms with Gasteiger partial charge in [-0.3, -0.25) is 4.99 Å². The molecule has 0 radical (unpaired) electrons. The third kappa shape index (κ3) is 9.40. The second-order valence-corrected chi connectivity index (χ2v) is 4.30. The third-order valence-corrected chi connectivity index (χ3v) is 2.60. The first-order valence-electron chi connectivity index (χ1n) is 6.28. The van der Waals surface area contributed by atoms with Gasteiger partial charge >= 0.3 is 6.18 Å². The lowest BCUT2D eigenvalue weighted by molar-refractivity contribution is -0.173. The number of halogens is 4. The molecule has 1 rings (SSSR count). The van der Waals surface area contributed by atoms with Gasteiger partial charge in [-0.15, -0.1) is 24.0 Å². The molecule has 118 valence electrons. The van der Waals surface area contributed by atoms with E-state index in [1.807, 2.05) is 0 Å². The van der Waals surface area contributed by atoms with Crippen molar-refractivity contribution < 1.29 is 17.9 Å². The van der Waals surface area contributed by atoms with Crippen LogP contribution in [0.25, 0.3) is 0 Å². The predicted octanol–water partition coefficient (Wildman–Crippen LogP) is 2.46. The second-order valence-electron chi connectivity index (χ2n) is 4.30. The Labute approximate surface area is 134 Å². The molecule has 0 saturated carbocycles. The van der Waals surface area contributed by atoms with E-state index >= 15 is 0 Å². The van der Waals surface area contributed by atoms with Gasteiger partial charge in [-0.25, -0.2) is 0 Å². The molecule has 0 aliphatic heterocycles. The topological polar surface area (TPSA) is 45.7 Å². The summed E-state index contributed by atoms with van der Waals surface area (Å²) in [4.78, 5) is 4.05. The van der Waals surface area contributed by atoms with Crippen LogP contribution in [0.3, 0.4) is 0 Å². The maximum Gasteiger partial charge on any atom is 0.411 e.